The molecule has 23 heavy (non-hydrogen) atoms. The summed E-state index contributed by atoms with van der Waals surface area (Å²) in [6.07, 6.45) is 1.88. The lowest BCUT2D eigenvalue weighted by Gasteiger charge is -2.19. The number of hydrogen-bond acceptors (Lipinski definition) is 6. The fourth-order valence-corrected chi connectivity index (χ4v) is 5.13. The predicted molar refractivity (Wildman–Crippen MR) is 82.6 cm³/mol. The van der Waals surface area contributed by atoms with E-state index in [0.717, 1.165) is 18.9 Å². The topological polar surface area (TPSA) is 116 Å². The molecule has 1 aromatic carbocycles. The summed E-state index contributed by atoms with van der Waals surface area (Å²) in [6.45, 7) is 0.869. The third-order valence-electron chi connectivity index (χ3n) is 4.86. The Kier molecular flexibility index (Phi) is 4.03. The van der Waals surface area contributed by atoms with Crippen molar-refractivity contribution in [2.75, 3.05) is 20.2 Å². The third kappa shape index (κ3) is 2.68. The quantitative estimate of drug-likeness (QED) is 0.644. The minimum Gasteiger partial charge on any atom is -0.490 e. The maximum absolute atomic E-state index is 12.8. The molecule has 0 bridgehead atoms. The number of nitro benzene ring substituents is 1. The molecule has 3 rings (SSSR count). The van der Waals surface area contributed by atoms with Crippen molar-refractivity contribution in [3.63, 3.8) is 0 Å². The number of sulfonamides is 1. The van der Waals surface area contributed by atoms with Crippen LogP contribution < -0.4 is 10.5 Å². The molecule has 9 heteroatoms. The molecule has 1 saturated carbocycles. The van der Waals surface area contributed by atoms with Crippen LogP contribution in [0.15, 0.2) is 23.1 Å². The second-order valence-corrected chi connectivity index (χ2v) is 8.02. The fourth-order valence-electron chi connectivity index (χ4n) is 3.58. The van der Waals surface area contributed by atoms with Gasteiger partial charge in [0.2, 0.25) is 10.0 Å². The van der Waals surface area contributed by atoms with Crippen LogP contribution in [-0.4, -0.2) is 43.9 Å². The van der Waals surface area contributed by atoms with Crippen LogP contribution in [0.25, 0.3) is 0 Å². The van der Waals surface area contributed by atoms with Crippen molar-refractivity contribution in [2.24, 2.45) is 17.6 Å². The number of methoxy groups -OCH3 is 1. The molecule has 1 aliphatic heterocycles. The summed E-state index contributed by atoms with van der Waals surface area (Å²) in [5.74, 6) is 0.441. The smallest absolute Gasteiger partial charge is 0.310 e. The number of ether oxygens (including phenoxy) is 1. The Bertz CT molecular complexity index is 736. The van der Waals surface area contributed by atoms with Gasteiger partial charge >= 0.3 is 5.69 Å². The number of nitrogens with two attached hydrogens (primary N) is 1. The summed E-state index contributed by atoms with van der Waals surface area (Å²) in [7, 11) is -2.43. The first-order valence-electron chi connectivity index (χ1n) is 7.42. The molecular formula is C14H19N3O5S. The zero-order chi connectivity index (χ0) is 16.8. The molecular weight excluding hydrogens is 322 g/mol. The molecule has 3 atom stereocenters. The van der Waals surface area contributed by atoms with Gasteiger partial charge in [0.05, 0.1) is 16.9 Å². The molecule has 2 fully saturated rings. The molecule has 8 nitrogen and oxygen atoms in total. The van der Waals surface area contributed by atoms with Crippen molar-refractivity contribution in [1.82, 2.24) is 4.31 Å². The van der Waals surface area contributed by atoms with E-state index in [2.05, 4.69) is 0 Å². The molecule has 0 aromatic heterocycles. The molecule has 1 heterocycles. The van der Waals surface area contributed by atoms with Crippen LogP contribution >= 0.6 is 0 Å². The van der Waals surface area contributed by atoms with Crippen molar-refractivity contribution in [3.8, 4) is 5.75 Å². The predicted octanol–water partition coefficient (Wildman–Crippen LogP) is 0.961. The molecule has 1 aliphatic carbocycles. The maximum Gasteiger partial charge on any atom is 0.310 e. The first kappa shape index (κ1) is 16.2. The lowest BCUT2D eigenvalue weighted by Crippen LogP contribution is -2.33. The zero-order valence-corrected chi connectivity index (χ0v) is 13.5. The molecule has 2 aliphatic rings. The minimum atomic E-state index is -3.70. The molecule has 0 amide bonds. The number of nitrogens with zero attached hydrogens (tertiary/aromatic N) is 2. The van der Waals surface area contributed by atoms with Crippen LogP contribution in [0.1, 0.15) is 12.8 Å². The Morgan fingerprint density at radius 1 is 1.35 bits per heavy atom. The highest BCUT2D eigenvalue weighted by molar-refractivity contribution is 7.89. The van der Waals surface area contributed by atoms with E-state index < -0.39 is 14.9 Å². The number of fused-ring (bicyclic) bond motifs is 1. The third-order valence-corrected chi connectivity index (χ3v) is 6.69. The van der Waals surface area contributed by atoms with E-state index in [1.165, 1.54) is 23.5 Å². The standard InChI is InChI=1S/C14H19N3O5S/c1-22-14-6-10(3-5-13(14)17(18)19)23(20,21)16-7-9-2-4-12(15)11(9)8-16/h3,5-6,9,11-12H,2,4,7-8,15H2,1H3. The summed E-state index contributed by atoms with van der Waals surface area (Å²) in [5.41, 5.74) is 5.79. The van der Waals surface area contributed by atoms with Crippen molar-refractivity contribution in [1.29, 1.82) is 0 Å². The van der Waals surface area contributed by atoms with Crippen LogP contribution in [0.4, 0.5) is 5.69 Å². The lowest BCUT2D eigenvalue weighted by molar-refractivity contribution is -0.385. The average molecular weight is 341 g/mol. The maximum atomic E-state index is 12.8. The second-order valence-electron chi connectivity index (χ2n) is 6.08. The average Bonchev–Trinajstić information content (AvgIpc) is 3.09. The van der Waals surface area contributed by atoms with Gasteiger partial charge in [0.1, 0.15) is 0 Å². The normalized spacial score (nSPS) is 27.8. The zero-order valence-electron chi connectivity index (χ0n) is 12.7. The molecule has 0 radical (unpaired) electrons. The number of nitro groups is 1. The van der Waals surface area contributed by atoms with Gasteiger partial charge in [-0.25, -0.2) is 8.42 Å². The second kappa shape index (κ2) is 5.73. The summed E-state index contributed by atoms with van der Waals surface area (Å²) in [6, 6.07) is 3.67. The Morgan fingerprint density at radius 2 is 2.09 bits per heavy atom. The number of benzene rings is 1. The summed E-state index contributed by atoms with van der Waals surface area (Å²) in [5, 5.41) is 10.9. The van der Waals surface area contributed by atoms with Gasteiger partial charge in [-0.3, -0.25) is 10.1 Å². The van der Waals surface area contributed by atoms with E-state index in [1.54, 1.807) is 0 Å². The summed E-state index contributed by atoms with van der Waals surface area (Å²) >= 11 is 0. The van der Waals surface area contributed by atoms with Gasteiger partial charge in [-0.15, -0.1) is 0 Å². The van der Waals surface area contributed by atoms with Crippen molar-refractivity contribution >= 4 is 15.7 Å². The van der Waals surface area contributed by atoms with Gasteiger partial charge in [-0.1, -0.05) is 0 Å². The lowest BCUT2D eigenvalue weighted by atomic mass is 9.98. The van der Waals surface area contributed by atoms with Crippen LogP contribution in [0.3, 0.4) is 0 Å². The van der Waals surface area contributed by atoms with Crippen LogP contribution in [-0.2, 0) is 10.0 Å². The highest BCUT2D eigenvalue weighted by Crippen LogP contribution is 2.40. The van der Waals surface area contributed by atoms with Crippen LogP contribution in [0.5, 0.6) is 5.75 Å². The molecule has 2 N–H and O–H groups in total. The van der Waals surface area contributed by atoms with Crippen LogP contribution in [0, 0.1) is 22.0 Å². The molecule has 3 unspecified atom stereocenters. The van der Waals surface area contributed by atoms with E-state index in [9.17, 15) is 18.5 Å². The van der Waals surface area contributed by atoms with Crippen molar-refractivity contribution in [3.05, 3.63) is 28.3 Å². The molecule has 1 saturated heterocycles. The highest BCUT2D eigenvalue weighted by atomic mass is 32.2. The Balaban J connectivity index is 1.90. The Labute approximate surface area is 134 Å². The largest absolute Gasteiger partial charge is 0.490 e. The van der Waals surface area contributed by atoms with Crippen molar-refractivity contribution < 1.29 is 18.1 Å². The van der Waals surface area contributed by atoms with Gasteiger partial charge < -0.3 is 10.5 Å². The first-order chi connectivity index (χ1) is 10.8. The van der Waals surface area contributed by atoms with E-state index in [0.29, 0.717) is 19.0 Å². The van der Waals surface area contributed by atoms with Gasteiger partial charge in [-0.05, 0) is 30.7 Å². The van der Waals surface area contributed by atoms with E-state index >= 15 is 0 Å². The Morgan fingerprint density at radius 3 is 2.70 bits per heavy atom. The van der Waals surface area contributed by atoms with E-state index in [4.69, 9.17) is 10.5 Å². The summed E-state index contributed by atoms with van der Waals surface area (Å²) in [4.78, 5) is 10.3. The van der Waals surface area contributed by atoms with E-state index in [1.807, 2.05) is 0 Å². The van der Waals surface area contributed by atoms with Gasteiger partial charge in [0, 0.05) is 31.3 Å². The van der Waals surface area contributed by atoms with Crippen molar-refractivity contribution in [2.45, 2.75) is 23.8 Å². The Hall–Kier alpha value is -1.71. The van der Waals surface area contributed by atoms with Gasteiger partial charge in [-0.2, -0.15) is 4.31 Å². The molecule has 1 aromatic rings. The molecule has 126 valence electrons. The van der Waals surface area contributed by atoms with Gasteiger partial charge in [0.15, 0.2) is 5.75 Å². The van der Waals surface area contributed by atoms with Gasteiger partial charge in [0.25, 0.3) is 0 Å². The number of rotatable bonds is 4. The minimum absolute atomic E-state index is 0.00787. The number of hydrogen-bond donors (Lipinski definition) is 1. The molecule has 0 spiro atoms. The SMILES string of the molecule is COc1cc(S(=O)(=O)N2CC3CCC(N)C3C2)ccc1[N+](=O)[O-]. The van der Waals surface area contributed by atoms with E-state index in [-0.39, 0.29) is 28.3 Å². The monoisotopic (exact) mass is 341 g/mol. The highest BCUT2D eigenvalue weighted by Gasteiger charge is 2.45. The van der Waals surface area contributed by atoms with Crippen LogP contribution in [0.2, 0.25) is 0 Å². The summed E-state index contributed by atoms with van der Waals surface area (Å²) < 4.78 is 31.9. The first-order valence-corrected chi connectivity index (χ1v) is 8.86. The fraction of sp³-hybridized carbons (Fsp3) is 0.571.